The van der Waals surface area contributed by atoms with Gasteiger partial charge >= 0.3 is 0 Å². The van der Waals surface area contributed by atoms with Gasteiger partial charge in [0.1, 0.15) is 5.82 Å². The lowest BCUT2D eigenvalue weighted by Gasteiger charge is -2.16. The average Bonchev–Trinajstić information content (AvgIpc) is 3.20. The van der Waals surface area contributed by atoms with Crippen LogP contribution in [0.15, 0.2) is 84.9 Å². The van der Waals surface area contributed by atoms with Crippen molar-refractivity contribution < 1.29 is 14.0 Å². The molecular formula is C27H24FN3O2S. The Kier molecular flexibility index (Phi) is 7.04. The first kappa shape index (κ1) is 23.2. The predicted octanol–water partition coefficient (Wildman–Crippen LogP) is 6.87. The summed E-state index contributed by atoms with van der Waals surface area (Å²) in [6, 6.07) is 25.0. The zero-order chi connectivity index (χ0) is 24.1. The van der Waals surface area contributed by atoms with Crippen LogP contribution in [-0.4, -0.2) is 11.8 Å². The molecule has 4 aromatic rings. The highest BCUT2D eigenvalue weighted by molar-refractivity contribution is 7.18. The Morgan fingerprint density at radius 1 is 0.824 bits per heavy atom. The number of thiophene rings is 1. The zero-order valence-corrected chi connectivity index (χ0v) is 19.6. The minimum Gasteiger partial charge on any atom is -0.379 e. The van der Waals surface area contributed by atoms with Gasteiger partial charge in [-0.1, -0.05) is 36.4 Å². The lowest BCUT2D eigenvalue weighted by molar-refractivity contribution is 0.101. The van der Waals surface area contributed by atoms with Crippen molar-refractivity contribution in [3.63, 3.8) is 0 Å². The lowest BCUT2D eigenvalue weighted by Crippen LogP contribution is -2.12. The molecule has 5 nitrogen and oxygen atoms in total. The van der Waals surface area contributed by atoms with Gasteiger partial charge < -0.3 is 16.0 Å². The summed E-state index contributed by atoms with van der Waals surface area (Å²) in [5, 5.41) is 9.59. The molecule has 1 aromatic heterocycles. The Morgan fingerprint density at radius 3 is 2.24 bits per heavy atom. The van der Waals surface area contributed by atoms with Crippen molar-refractivity contribution in [1.29, 1.82) is 0 Å². The summed E-state index contributed by atoms with van der Waals surface area (Å²) in [5.41, 5.74) is 3.76. The number of benzene rings is 3. The number of carbonyl (C=O) groups is 2. The van der Waals surface area contributed by atoms with E-state index in [0.29, 0.717) is 15.6 Å². The third-order valence-corrected chi connectivity index (χ3v) is 6.42. The molecule has 0 spiro atoms. The Balaban J connectivity index is 1.38. The molecule has 172 valence electrons. The number of halogens is 1. The maximum atomic E-state index is 13.4. The van der Waals surface area contributed by atoms with Gasteiger partial charge in [0.25, 0.3) is 11.8 Å². The van der Waals surface area contributed by atoms with Crippen molar-refractivity contribution in [3.05, 3.63) is 112 Å². The summed E-state index contributed by atoms with van der Waals surface area (Å²) in [6.07, 6.45) is 0. The Hall–Kier alpha value is -3.97. The second-order valence-corrected chi connectivity index (χ2v) is 8.95. The van der Waals surface area contributed by atoms with Gasteiger partial charge in [0.2, 0.25) is 0 Å². The van der Waals surface area contributed by atoms with Crippen molar-refractivity contribution in [2.45, 2.75) is 19.9 Å². The van der Waals surface area contributed by atoms with E-state index >= 15 is 0 Å². The molecule has 0 radical (unpaired) electrons. The maximum absolute atomic E-state index is 13.4. The van der Waals surface area contributed by atoms with Crippen LogP contribution in [-0.2, 0) is 0 Å². The normalized spacial score (nSPS) is 11.5. The fourth-order valence-electron chi connectivity index (χ4n) is 3.50. The fraction of sp³-hybridized carbons (Fsp3) is 0.111. The van der Waals surface area contributed by atoms with Crippen molar-refractivity contribution in [3.8, 4) is 0 Å². The van der Waals surface area contributed by atoms with E-state index < -0.39 is 11.7 Å². The summed E-state index contributed by atoms with van der Waals surface area (Å²) in [4.78, 5) is 25.7. The molecule has 0 aliphatic carbocycles. The Labute approximate surface area is 201 Å². The number of hydrogen-bond acceptors (Lipinski definition) is 4. The molecule has 1 unspecified atom stereocenters. The van der Waals surface area contributed by atoms with Crippen LogP contribution in [0.1, 0.15) is 44.1 Å². The number of nitrogens with one attached hydrogen (secondary N) is 3. The van der Waals surface area contributed by atoms with Crippen LogP contribution in [0, 0.1) is 12.7 Å². The largest absolute Gasteiger partial charge is 0.379 e. The van der Waals surface area contributed by atoms with E-state index in [0.717, 1.165) is 11.3 Å². The second-order valence-electron chi connectivity index (χ2n) is 7.90. The van der Waals surface area contributed by atoms with Crippen molar-refractivity contribution in [1.82, 2.24) is 0 Å². The van der Waals surface area contributed by atoms with E-state index in [1.165, 1.54) is 41.2 Å². The van der Waals surface area contributed by atoms with E-state index in [2.05, 4.69) is 35.0 Å². The maximum Gasteiger partial charge on any atom is 0.266 e. The van der Waals surface area contributed by atoms with Crippen LogP contribution in [0.4, 0.5) is 20.8 Å². The summed E-state index contributed by atoms with van der Waals surface area (Å²) in [7, 11) is 0. The van der Waals surface area contributed by atoms with Crippen LogP contribution in [0.3, 0.4) is 0 Å². The van der Waals surface area contributed by atoms with Crippen LogP contribution >= 0.6 is 11.3 Å². The van der Waals surface area contributed by atoms with Gasteiger partial charge in [-0.2, -0.15) is 0 Å². The smallest absolute Gasteiger partial charge is 0.266 e. The highest BCUT2D eigenvalue weighted by Crippen LogP contribution is 2.28. The van der Waals surface area contributed by atoms with Gasteiger partial charge in [0.15, 0.2) is 0 Å². The van der Waals surface area contributed by atoms with E-state index in [1.807, 2.05) is 42.5 Å². The Morgan fingerprint density at radius 2 is 1.53 bits per heavy atom. The molecule has 1 heterocycles. The minimum atomic E-state index is -0.481. The molecule has 7 heteroatoms. The van der Waals surface area contributed by atoms with Crippen molar-refractivity contribution in [2.75, 3.05) is 16.0 Å². The van der Waals surface area contributed by atoms with Crippen LogP contribution in [0.2, 0.25) is 0 Å². The van der Waals surface area contributed by atoms with Gasteiger partial charge in [-0.3, -0.25) is 9.59 Å². The van der Waals surface area contributed by atoms with Crippen LogP contribution in [0.25, 0.3) is 0 Å². The topological polar surface area (TPSA) is 70.2 Å². The van der Waals surface area contributed by atoms with Gasteiger partial charge in [-0.05, 0) is 73.5 Å². The second kappa shape index (κ2) is 10.3. The summed E-state index contributed by atoms with van der Waals surface area (Å²) < 4.78 is 13.4. The van der Waals surface area contributed by atoms with Gasteiger partial charge in [0, 0.05) is 23.0 Å². The molecule has 0 saturated carbocycles. The monoisotopic (exact) mass is 473 g/mol. The highest BCUT2D eigenvalue weighted by Gasteiger charge is 2.16. The van der Waals surface area contributed by atoms with Crippen molar-refractivity contribution >= 4 is 39.5 Å². The lowest BCUT2D eigenvalue weighted by atomic mass is 10.1. The molecule has 0 bridgehead atoms. The fourth-order valence-corrected chi connectivity index (χ4v) is 4.46. The van der Waals surface area contributed by atoms with E-state index in [9.17, 15) is 14.0 Å². The highest BCUT2D eigenvalue weighted by atomic mass is 32.1. The van der Waals surface area contributed by atoms with Gasteiger partial charge in [0.05, 0.1) is 9.88 Å². The molecule has 0 aliphatic heterocycles. The molecule has 0 aliphatic rings. The standard InChI is InChI=1S/C27H24FN3O2S/c1-17-15-24(31-26(32)20-9-6-10-21(28)16-20)34-25(17)27(33)30-23-13-11-22(12-14-23)29-18(2)19-7-4-3-5-8-19/h3-16,18,29H,1-2H3,(H,30,33)(H,31,32). The molecule has 0 saturated heterocycles. The molecule has 0 fully saturated rings. The van der Waals surface area contributed by atoms with E-state index in [-0.39, 0.29) is 17.5 Å². The number of amides is 2. The third-order valence-electron chi connectivity index (χ3n) is 5.27. The van der Waals surface area contributed by atoms with Gasteiger partial charge in [-0.15, -0.1) is 11.3 Å². The molecule has 1 atom stereocenters. The molecule has 3 aromatic carbocycles. The quantitative estimate of drug-likeness (QED) is 0.274. The van der Waals surface area contributed by atoms with Crippen LogP contribution in [0.5, 0.6) is 0 Å². The number of anilines is 3. The first-order chi connectivity index (χ1) is 16.4. The van der Waals surface area contributed by atoms with Crippen molar-refractivity contribution in [2.24, 2.45) is 0 Å². The number of carbonyl (C=O) groups excluding carboxylic acids is 2. The first-order valence-corrected chi connectivity index (χ1v) is 11.6. The average molecular weight is 474 g/mol. The Bertz CT molecular complexity index is 1300. The molecule has 4 rings (SSSR count). The third kappa shape index (κ3) is 5.68. The van der Waals surface area contributed by atoms with E-state index in [1.54, 1.807) is 13.0 Å². The molecule has 3 N–H and O–H groups in total. The summed E-state index contributed by atoms with van der Waals surface area (Å²) in [5.74, 6) is -1.17. The number of hydrogen-bond donors (Lipinski definition) is 3. The molecule has 2 amide bonds. The summed E-state index contributed by atoms with van der Waals surface area (Å²) in [6.45, 7) is 3.90. The molecule has 34 heavy (non-hydrogen) atoms. The predicted molar refractivity (Wildman–Crippen MR) is 136 cm³/mol. The zero-order valence-electron chi connectivity index (χ0n) is 18.8. The molecular weight excluding hydrogens is 449 g/mol. The first-order valence-electron chi connectivity index (χ1n) is 10.8. The number of aryl methyl sites for hydroxylation is 1. The van der Waals surface area contributed by atoms with Gasteiger partial charge in [-0.25, -0.2) is 4.39 Å². The van der Waals surface area contributed by atoms with Crippen LogP contribution < -0.4 is 16.0 Å². The minimum absolute atomic E-state index is 0.149. The number of rotatable bonds is 7. The van der Waals surface area contributed by atoms with E-state index in [4.69, 9.17) is 0 Å². The SMILES string of the molecule is Cc1cc(NC(=O)c2cccc(F)c2)sc1C(=O)Nc1ccc(NC(C)c2ccccc2)cc1. The summed E-state index contributed by atoms with van der Waals surface area (Å²) >= 11 is 1.17.